The van der Waals surface area contributed by atoms with Gasteiger partial charge in [0, 0.05) is 12.6 Å². The summed E-state index contributed by atoms with van der Waals surface area (Å²) in [6, 6.07) is 11.2. The van der Waals surface area contributed by atoms with Crippen LogP contribution < -0.4 is 0 Å². The Morgan fingerprint density at radius 1 is 1.00 bits per heavy atom. The zero-order valence-electron chi connectivity index (χ0n) is 15.1. The maximum Gasteiger partial charge on any atom is 0.320 e. The van der Waals surface area contributed by atoms with Crippen LogP contribution in [0.1, 0.15) is 69.3 Å². The fourth-order valence-electron chi connectivity index (χ4n) is 5.76. The predicted molar refractivity (Wildman–Crippen MR) is 99.6 cm³/mol. The minimum atomic E-state index is -0.590. The maximum atomic E-state index is 11.8. The summed E-state index contributed by atoms with van der Waals surface area (Å²) < 4.78 is 0. The third kappa shape index (κ3) is 3.62. The molecule has 3 heteroatoms. The molecule has 0 aromatic heterocycles. The average Bonchev–Trinajstić information content (AvgIpc) is 3.02. The van der Waals surface area contributed by atoms with E-state index in [1.807, 2.05) is 0 Å². The summed E-state index contributed by atoms with van der Waals surface area (Å²) >= 11 is 0. The van der Waals surface area contributed by atoms with Crippen LogP contribution in [0.4, 0.5) is 0 Å². The molecule has 25 heavy (non-hydrogen) atoms. The molecule has 1 saturated heterocycles. The van der Waals surface area contributed by atoms with Gasteiger partial charge in [-0.2, -0.15) is 0 Å². The first-order chi connectivity index (χ1) is 12.2. The Morgan fingerprint density at radius 3 is 2.44 bits per heavy atom. The first-order valence-corrected chi connectivity index (χ1v) is 10.3. The minimum Gasteiger partial charge on any atom is -0.480 e. The highest BCUT2D eigenvalue weighted by atomic mass is 16.4. The standard InChI is InChI=1S/C22H31NO2/c24-22(25)21-14-19-8-4-5-9-20(19)23(21)15-16-10-12-18(13-11-16)17-6-2-1-3-7-17/h1-3,6-7,16,18-21H,4-5,8-15H2,(H,24,25). The number of carboxylic acids is 1. The zero-order valence-corrected chi connectivity index (χ0v) is 15.1. The molecule has 0 bridgehead atoms. The van der Waals surface area contributed by atoms with Crippen molar-refractivity contribution in [3.8, 4) is 0 Å². The van der Waals surface area contributed by atoms with E-state index in [0.717, 1.165) is 13.0 Å². The van der Waals surface area contributed by atoms with Gasteiger partial charge in [-0.05, 0) is 68.3 Å². The number of likely N-dealkylation sites (tertiary alicyclic amines) is 1. The lowest BCUT2D eigenvalue weighted by Gasteiger charge is -2.37. The van der Waals surface area contributed by atoms with Gasteiger partial charge in [-0.3, -0.25) is 9.69 Å². The van der Waals surface area contributed by atoms with Crippen LogP contribution in [-0.2, 0) is 4.79 Å². The van der Waals surface area contributed by atoms with Gasteiger partial charge >= 0.3 is 5.97 Å². The van der Waals surface area contributed by atoms with Crippen molar-refractivity contribution in [2.24, 2.45) is 11.8 Å². The van der Waals surface area contributed by atoms with Gasteiger partial charge in [0.1, 0.15) is 6.04 Å². The molecule has 1 aromatic carbocycles. The molecule has 3 unspecified atom stereocenters. The summed E-state index contributed by atoms with van der Waals surface area (Å²) in [6.45, 7) is 1.01. The number of nitrogens with zero attached hydrogens (tertiary/aromatic N) is 1. The molecule has 2 aliphatic carbocycles. The van der Waals surface area contributed by atoms with Crippen molar-refractivity contribution in [3.63, 3.8) is 0 Å². The second kappa shape index (κ2) is 7.49. The van der Waals surface area contributed by atoms with Crippen molar-refractivity contribution in [1.29, 1.82) is 0 Å². The largest absolute Gasteiger partial charge is 0.480 e. The van der Waals surface area contributed by atoms with E-state index < -0.39 is 5.97 Å². The quantitative estimate of drug-likeness (QED) is 0.864. The SMILES string of the molecule is O=C(O)C1CC2CCCCC2N1CC1CCC(c2ccccc2)CC1. The lowest BCUT2D eigenvalue weighted by atomic mass is 9.78. The topological polar surface area (TPSA) is 40.5 Å². The molecule has 136 valence electrons. The summed E-state index contributed by atoms with van der Waals surface area (Å²) in [6.07, 6.45) is 10.9. The van der Waals surface area contributed by atoms with Crippen molar-refractivity contribution in [2.45, 2.75) is 75.8 Å². The number of fused-ring (bicyclic) bond motifs is 1. The number of rotatable bonds is 4. The van der Waals surface area contributed by atoms with E-state index in [-0.39, 0.29) is 6.04 Å². The van der Waals surface area contributed by atoms with Gasteiger partial charge in [-0.15, -0.1) is 0 Å². The molecule has 0 amide bonds. The van der Waals surface area contributed by atoms with Crippen LogP contribution in [0, 0.1) is 11.8 Å². The van der Waals surface area contributed by atoms with Gasteiger partial charge in [-0.25, -0.2) is 0 Å². The Balaban J connectivity index is 1.37. The smallest absolute Gasteiger partial charge is 0.320 e. The zero-order chi connectivity index (χ0) is 17.2. The van der Waals surface area contributed by atoms with Gasteiger partial charge in [-0.1, -0.05) is 43.2 Å². The molecule has 1 heterocycles. The highest BCUT2D eigenvalue weighted by molar-refractivity contribution is 5.74. The molecular weight excluding hydrogens is 310 g/mol. The predicted octanol–water partition coefficient (Wildman–Crippen LogP) is 4.68. The van der Waals surface area contributed by atoms with Gasteiger partial charge in [0.2, 0.25) is 0 Å². The Labute approximate surface area is 151 Å². The highest BCUT2D eigenvalue weighted by Gasteiger charge is 2.45. The molecule has 3 atom stereocenters. The summed E-state index contributed by atoms with van der Waals surface area (Å²) in [5, 5.41) is 9.71. The van der Waals surface area contributed by atoms with Crippen LogP contribution in [0.25, 0.3) is 0 Å². The second-order valence-electron chi connectivity index (χ2n) is 8.53. The fourth-order valence-corrected chi connectivity index (χ4v) is 5.76. The number of hydrogen-bond acceptors (Lipinski definition) is 2. The maximum absolute atomic E-state index is 11.8. The lowest BCUT2D eigenvalue weighted by Crippen LogP contribution is -2.45. The Morgan fingerprint density at radius 2 is 1.72 bits per heavy atom. The first kappa shape index (κ1) is 17.1. The lowest BCUT2D eigenvalue weighted by molar-refractivity contribution is -0.143. The normalized spacial score (nSPS) is 36.1. The van der Waals surface area contributed by atoms with Crippen molar-refractivity contribution in [2.75, 3.05) is 6.54 Å². The molecule has 0 spiro atoms. The monoisotopic (exact) mass is 341 g/mol. The molecule has 1 aromatic rings. The van der Waals surface area contributed by atoms with Crippen molar-refractivity contribution in [3.05, 3.63) is 35.9 Å². The number of carboxylic acid groups (broad SMARTS) is 1. The average molecular weight is 341 g/mol. The van der Waals surface area contributed by atoms with E-state index in [4.69, 9.17) is 0 Å². The third-order valence-corrected chi connectivity index (χ3v) is 7.09. The molecule has 4 rings (SSSR count). The van der Waals surface area contributed by atoms with Gasteiger partial charge < -0.3 is 5.11 Å². The van der Waals surface area contributed by atoms with Crippen LogP contribution in [-0.4, -0.2) is 34.6 Å². The Hall–Kier alpha value is -1.35. The highest BCUT2D eigenvalue weighted by Crippen LogP contribution is 2.42. The second-order valence-corrected chi connectivity index (χ2v) is 8.53. The molecule has 3 aliphatic rings. The number of benzene rings is 1. The first-order valence-electron chi connectivity index (χ1n) is 10.3. The van der Waals surface area contributed by atoms with E-state index >= 15 is 0 Å². The third-order valence-electron chi connectivity index (χ3n) is 7.09. The van der Waals surface area contributed by atoms with E-state index in [1.165, 1.54) is 56.9 Å². The van der Waals surface area contributed by atoms with Crippen LogP contribution in [0.15, 0.2) is 30.3 Å². The van der Waals surface area contributed by atoms with Crippen molar-refractivity contribution >= 4 is 5.97 Å². The van der Waals surface area contributed by atoms with E-state index in [0.29, 0.717) is 23.8 Å². The Bertz CT molecular complexity index is 579. The van der Waals surface area contributed by atoms with Crippen LogP contribution in [0.3, 0.4) is 0 Å². The van der Waals surface area contributed by atoms with Crippen molar-refractivity contribution in [1.82, 2.24) is 4.90 Å². The molecule has 0 radical (unpaired) electrons. The summed E-state index contributed by atoms with van der Waals surface area (Å²) in [4.78, 5) is 14.2. The van der Waals surface area contributed by atoms with E-state index in [2.05, 4.69) is 35.2 Å². The molecule has 2 saturated carbocycles. The van der Waals surface area contributed by atoms with Crippen LogP contribution >= 0.6 is 0 Å². The minimum absolute atomic E-state index is 0.222. The molecule has 3 nitrogen and oxygen atoms in total. The summed E-state index contributed by atoms with van der Waals surface area (Å²) in [7, 11) is 0. The molecule has 1 aliphatic heterocycles. The molecule has 1 N–H and O–H groups in total. The number of aliphatic carboxylic acids is 1. The number of carbonyl (C=O) groups is 1. The van der Waals surface area contributed by atoms with Gasteiger partial charge in [0.05, 0.1) is 0 Å². The van der Waals surface area contributed by atoms with Crippen molar-refractivity contribution < 1.29 is 9.90 Å². The Kier molecular flexibility index (Phi) is 5.12. The molecular formula is C22H31NO2. The van der Waals surface area contributed by atoms with Gasteiger partial charge in [0.15, 0.2) is 0 Å². The van der Waals surface area contributed by atoms with E-state index in [9.17, 15) is 9.90 Å². The number of hydrogen-bond donors (Lipinski definition) is 1. The molecule has 3 fully saturated rings. The fraction of sp³-hybridized carbons (Fsp3) is 0.682. The van der Waals surface area contributed by atoms with Crippen LogP contribution in [0.2, 0.25) is 0 Å². The summed E-state index contributed by atoms with van der Waals surface area (Å²) in [5.74, 6) is 1.43. The van der Waals surface area contributed by atoms with E-state index in [1.54, 1.807) is 0 Å². The van der Waals surface area contributed by atoms with Crippen LogP contribution in [0.5, 0.6) is 0 Å². The van der Waals surface area contributed by atoms with Gasteiger partial charge in [0.25, 0.3) is 0 Å². The summed E-state index contributed by atoms with van der Waals surface area (Å²) in [5.41, 5.74) is 1.48.